The summed E-state index contributed by atoms with van der Waals surface area (Å²) in [6, 6.07) is -0.0193. The summed E-state index contributed by atoms with van der Waals surface area (Å²) in [5.41, 5.74) is 0. The molecule has 0 bridgehead atoms. The Kier molecular flexibility index (Phi) is 6.74. The number of ether oxygens (including phenoxy) is 2. The summed E-state index contributed by atoms with van der Waals surface area (Å²) in [4.78, 5) is 26.6. The van der Waals surface area contributed by atoms with Gasteiger partial charge in [-0.2, -0.15) is 0 Å². The number of carboxylic acid groups (broad SMARTS) is 1. The van der Waals surface area contributed by atoms with Crippen molar-refractivity contribution in [3.05, 3.63) is 0 Å². The Bertz CT molecular complexity index is 335. The van der Waals surface area contributed by atoms with E-state index in [-0.39, 0.29) is 18.5 Å². The molecule has 1 rings (SSSR count). The van der Waals surface area contributed by atoms with Gasteiger partial charge in [0.15, 0.2) is 0 Å². The monoisotopic (exact) mass is 288 g/mol. The average molecular weight is 288 g/mol. The zero-order valence-electron chi connectivity index (χ0n) is 12.4. The minimum Gasteiger partial charge on any atom is -0.481 e. The Morgan fingerprint density at radius 2 is 2.20 bits per heavy atom. The quantitative estimate of drug-likeness (QED) is 0.776. The van der Waals surface area contributed by atoms with Crippen molar-refractivity contribution in [3.63, 3.8) is 0 Å². The first-order valence-electron chi connectivity index (χ1n) is 6.83. The summed E-state index contributed by atoms with van der Waals surface area (Å²) in [7, 11) is 1.60. The second kappa shape index (κ2) is 8.06. The van der Waals surface area contributed by atoms with E-state index in [0.29, 0.717) is 32.8 Å². The van der Waals surface area contributed by atoms with Gasteiger partial charge in [-0.25, -0.2) is 4.79 Å². The highest BCUT2D eigenvalue weighted by Gasteiger charge is 2.29. The lowest BCUT2D eigenvalue weighted by atomic mass is 10.2. The first kappa shape index (κ1) is 16.7. The van der Waals surface area contributed by atoms with E-state index in [4.69, 9.17) is 14.6 Å². The van der Waals surface area contributed by atoms with Gasteiger partial charge in [0.25, 0.3) is 0 Å². The number of hydrogen-bond donors (Lipinski definition) is 1. The third-order valence-electron chi connectivity index (χ3n) is 3.22. The van der Waals surface area contributed by atoms with Gasteiger partial charge in [-0.1, -0.05) is 0 Å². The second-order valence-corrected chi connectivity index (χ2v) is 5.10. The molecule has 116 valence electrons. The Morgan fingerprint density at radius 1 is 1.50 bits per heavy atom. The van der Waals surface area contributed by atoms with Gasteiger partial charge in [0.2, 0.25) is 0 Å². The standard InChI is InChI=1S/C13H24N2O5/c1-10(2)15(5-6-19-3)13(18)14-4-7-20-11(9-14)8-12(16)17/h10-11H,4-9H2,1-3H3,(H,16,17). The molecule has 1 atom stereocenters. The lowest BCUT2D eigenvalue weighted by Crippen LogP contribution is -2.53. The molecule has 0 aromatic heterocycles. The molecule has 7 nitrogen and oxygen atoms in total. The number of amides is 2. The molecule has 1 heterocycles. The number of carbonyl (C=O) groups excluding carboxylic acids is 1. The zero-order valence-corrected chi connectivity index (χ0v) is 12.4. The Balaban J connectivity index is 2.61. The predicted molar refractivity (Wildman–Crippen MR) is 72.7 cm³/mol. The minimum atomic E-state index is -0.913. The van der Waals surface area contributed by atoms with Crippen LogP contribution in [0.25, 0.3) is 0 Å². The number of morpholine rings is 1. The van der Waals surface area contributed by atoms with Crippen LogP contribution in [0.1, 0.15) is 20.3 Å². The summed E-state index contributed by atoms with van der Waals surface area (Å²) in [6.45, 7) is 6.08. The molecular weight excluding hydrogens is 264 g/mol. The number of urea groups is 1. The molecule has 1 unspecified atom stereocenters. The van der Waals surface area contributed by atoms with Crippen LogP contribution in [-0.2, 0) is 14.3 Å². The fourth-order valence-electron chi connectivity index (χ4n) is 2.16. The fraction of sp³-hybridized carbons (Fsp3) is 0.846. The molecule has 1 saturated heterocycles. The lowest BCUT2D eigenvalue weighted by Gasteiger charge is -2.37. The van der Waals surface area contributed by atoms with Crippen LogP contribution in [0.3, 0.4) is 0 Å². The van der Waals surface area contributed by atoms with E-state index in [1.54, 1.807) is 16.9 Å². The van der Waals surface area contributed by atoms with Crippen LogP contribution in [0.2, 0.25) is 0 Å². The van der Waals surface area contributed by atoms with Crippen molar-refractivity contribution in [1.29, 1.82) is 0 Å². The fourth-order valence-corrected chi connectivity index (χ4v) is 2.16. The molecule has 2 amide bonds. The number of rotatable bonds is 6. The molecule has 0 radical (unpaired) electrons. The van der Waals surface area contributed by atoms with Crippen LogP contribution in [0.15, 0.2) is 0 Å². The Morgan fingerprint density at radius 3 is 2.75 bits per heavy atom. The van der Waals surface area contributed by atoms with E-state index in [2.05, 4.69) is 0 Å². The van der Waals surface area contributed by atoms with Gasteiger partial charge in [-0.05, 0) is 13.8 Å². The van der Waals surface area contributed by atoms with E-state index in [1.165, 1.54) is 0 Å². The highest BCUT2D eigenvalue weighted by molar-refractivity contribution is 5.75. The van der Waals surface area contributed by atoms with E-state index in [9.17, 15) is 9.59 Å². The van der Waals surface area contributed by atoms with Gasteiger partial charge in [-0.3, -0.25) is 4.79 Å². The molecule has 0 spiro atoms. The van der Waals surface area contributed by atoms with Crippen molar-refractivity contribution < 1.29 is 24.2 Å². The number of carbonyl (C=O) groups is 2. The first-order chi connectivity index (χ1) is 9.45. The Hall–Kier alpha value is -1.34. The molecule has 0 aliphatic carbocycles. The SMILES string of the molecule is COCCN(C(=O)N1CCOC(CC(=O)O)C1)C(C)C. The summed E-state index contributed by atoms with van der Waals surface area (Å²) in [5, 5.41) is 8.79. The third kappa shape index (κ3) is 4.97. The van der Waals surface area contributed by atoms with Gasteiger partial charge in [-0.15, -0.1) is 0 Å². The minimum absolute atomic E-state index is 0.0680. The van der Waals surface area contributed by atoms with Gasteiger partial charge >= 0.3 is 12.0 Å². The summed E-state index contributed by atoms with van der Waals surface area (Å²) >= 11 is 0. The van der Waals surface area contributed by atoms with Crippen LogP contribution >= 0.6 is 0 Å². The molecule has 1 aliphatic heterocycles. The van der Waals surface area contributed by atoms with Crippen molar-refractivity contribution >= 4 is 12.0 Å². The first-order valence-corrected chi connectivity index (χ1v) is 6.83. The van der Waals surface area contributed by atoms with Gasteiger partial charge in [0.05, 0.1) is 25.7 Å². The number of methoxy groups -OCH3 is 1. The third-order valence-corrected chi connectivity index (χ3v) is 3.22. The van der Waals surface area contributed by atoms with Crippen LogP contribution in [0.5, 0.6) is 0 Å². The molecule has 1 fully saturated rings. The van der Waals surface area contributed by atoms with Crippen molar-refractivity contribution in [2.75, 3.05) is 40.0 Å². The van der Waals surface area contributed by atoms with E-state index in [0.717, 1.165) is 0 Å². The van der Waals surface area contributed by atoms with Crippen molar-refractivity contribution in [1.82, 2.24) is 9.80 Å². The highest BCUT2D eigenvalue weighted by Crippen LogP contribution is 2.12. The smallest absolute Gasteiger partial charge is 0.320 e. The normalized spacial score (nSPS) is 19.2. The van der Waals surface area contributed by atoms with Gasteiger partial charge < -0.3 is 24.4 Å². The number of carboxylic acids is 1. The predicted octanol–water partition coefficient (Wildman–Crippen LogP) is 0.639. The number of aliphatic carboxylic acids is 1. The number of nitrogens with zero attached hydrogens (tertiary/aromatic N) is 2. The largest absolute Gasteiger partial charge is 0.481 e. The molecule has 0 saturated carbocycles. The highest BCUT2D eigenvalue weighted by atomic mass is 16.5. The van der Waals surface area contributed by atoms with Crippen molar-refractivity contribution in [3.8, 4) is 0 Å². The second-order valence-electron chi connectivity index (χ2n) is 5.10. The van der Waals surface area contributed by atoms with Gasteiger partial charge in [0.1, 0.15) is 0 Å². The lowest BCUT2D eigenvalue weighted by molar-refractivity contribution is -0.141. The maximum atomic E-state index is 12.5. The van der Waals surface area contributed by atoms with Crippen LogP contribution in [-0.4, -0.2) is 79.0 Å². The number of hydrogen-bond acceptors (Lipinski definition) is 4. The zero-order chi connectivity index (χ0) is 15.1. The molecule has 20 heavy (non-hydrogen) atoms. The maximum absolute atomic E-state index is 12.5. The maximum Gasteiger partial charge on any atom is 0.320 e. The summed E-state index contributed by atoms with van der Waals surface area (Å²) in [5.74, 6) is -0.913. The molecule has 0 aromatic carbocycles. The summed E-state index contributed by atoms with van der Waals surface area (Å²) in [6.07, 6.45) is -0.509. The average Bonchev–Trinajstić information content (AvgIpc) is 2.38. The van der Waals surface area contributed by atoms with Crippen molar-refractivity contribution in [2.24, 2.45) is 0 Å². The van der Waals surface area contributed by atoms with Crippen LogP contribution < -0.4 is 0 Å². The van der Waals surface area contributed by atoms with E-state index in [1.807, 2.05) is 13.8 Å². The van der Waals surface area contributed by atoms with Crippen molar-refractivity contribution in [2.45, 2.75) is 32.4 Å². The molecular formula is C13H24N2O5. The molecule has 1 N–H and O–H groups in total. The van der Waals surface area contributed by atoms with E-state index >= 15 is 0 Å². The molecule has 0 aromatic rings. The molecule has 7 heteroatoms. The Labute approximate surface area is 119 Å². The molecule has 1 aliphatic rings. The van der Waals surface area contributed by atoms with Gasteiger partial charge in [0, 0.05) is 32.8 Å². The topological polar surface area (TPSA) is 79.3 Å². The van der Waals surface area contributed by atoms with E-state index < -0.39 is 12.1 Å². The summed E-state index contributed by atoms with van der Waals surface area (Å²) < 4.78 is 10.4. The van der Waals surface area contributed by atoms with Crippen LogP contribution in [0, 0.1) is 0 Å². The van der Waals surface area contributed by atoms with Crippen LogP contribution in [0.4, 0.5) is 4.79 Å².